The molecule has 12 rings (SSSR count). The number of aliphatic imine (C=N–C) groups is 1. The Morgan fingerprint density at radius 2 is 1.26 bits per heavy atom. The Morgan fingerprint density at radius 3 is 2.15 bits per heavy atom. The van der Waals surface area contributed by atoms with Gasteiger partial charge in [-0.05, 0) is 53.2 Å². The largest absolute Gasteiger partial charge is 0.378 e. The van der Waals surface area contributed by atoms with Crippen molar-refractivity contribution >= 4 is 99.1 Å². The van der Waals surface area contributed by atoms with Gasteiger partial charge in [-0.1, -0.05) is 78.9 Å². The Labute approximate surface area is 262 Å². The van der Waals surface area contributed by atoms with Gasteiger partial charge in [0.1, 0.15) is 0 Å². The standard InChI is InChI=1S/C42H24N4/c1-2-9-24-21-36-32(20-23(24)8-1)38-41-30(22-31-26-11-4-6-15-34(26)46(36)42(31)38)25-10-3-5-14-33(25)45(41)35-17-16-29-37-27(35)12-7-13-28(37)39-40(29)44-19-18-43-39/h1-17,19-22,43H,18H2. The first-order valence-electron chi connectivity index (χ1n) is 16.0. The highest BCUT2D eigenvalue weighted by Gasteiger charge is 2.29. The van der Waals surface area contributed by atoms with Crippen LogP contribution in [0, 0.1) is 0 Å². The quantitative estimate of drug-likeness (QED) is 0.205. The minimum absolute atomic E-state index is 0.754. The highest BCUT2D eigenvalue weighted by Crippen LogP contribution is 2.49. The fraction of sp³-hybridized carbons (Fsp3) is 0.0238. The molecule has 10 aromatic rings. The van der Waals surface area contributed by atoms with Gasteiger partial charge >= 0.3 is 0 Å². The summed E-state index contributed by atoms with van der Waals surface area (Å²) in [6.45, 7) is 0.754. The van der Waals surface area contributed by atoms with E-state index in [1.165, 1.54) is 98.3 Å². The number of nitrogens with zero attached hydrogens (tertiary/aromatic N) is 3. The first-order valence-corrected chi connectivity index (χ1v) is 16.0. The maximum absolute atomic E-state index is 4.85. The van der Waals surface area contributed by atoms with Crippen molar-refractivity contribution in [2.24, 2.45) is 4.99 Å². The van der Waals surface area contributed by atoms with Crippen LogP contribution < -0.4 is 5.32 Å². The molecule has 0 saturated carbocycles. The van der Waals surface area contributed by atoms with Gasteiger partial charge in [0.05, 0.1) is 51.2 Å². The fourth-order valence-corrected chi connectivity index (χ4v) is 8.79. The van der Waals surface area contributed by atoms with E-state index in [1.807, 2.05) is 6.21 Å². The van der Waals surface area contributed by atoms with E-state index < -0.39 is 0 Å². The SMILES string of the molecule is C1=NC2=C(NC1)c1cccc3c(-n4c5ccccc5c5cc6c7ccccc7n7c8cc9ccccc9cc8c(c54)c67)ccc2c13. The van der Waals surface area contributed by atoms with Crippen LogP contribution in [0.1, 0.15) is 11.1 Å². The van der Waals surface area contributed by atoms with Crippen molar-refractivity contribution in [2.75, 3.05) is 6.54 Å². The van der Waals surface area contributed by atoms with Crippen LogP contribution in [-0.4, -0.2) is 21.7 Å². The molecule has 46 heavy (non-hydrogen) atoms. The van der Waals surface area contributed by atoms with E-state index in [9.17, 15) is 0 Å². The number of benzene rings is 7. The molecule has 0 bridgehead atoms. The molecular formula is C42H24N4. The fourth-order valence-electron chi connectivity index (χ4n) is 8.79. The minimum atomic E-state index is 0.754. The Balaban J connectivity index is 1.34. The monoisotopic (exact) mass is 584 g/mol. The summed E-state index contributed by atoms with van der Waals surface area (Å²) < 4.78 is 5.06. The Morgan fingerprint density at radius 1 is 0.522 bits per heavy atom. The second-order valence-corrected chi connectivity index (χ2v) is 12.7. The summed E-state index contributed by atoms with van der Waals surface area (Å²) in [5, 5.41) is 16.4. The van der Waals surface area contributed by atoms with Gasteiger partial charge in [-0.2, -0.15) is 0 Å². The van der Waals surface area contributed by atoms with E-state index in [4.69, 9.17) is 4.99 Å². The van der Waals surface area contributed by atoms with Gasteiger partial charge in [-0.3, -0.25) is 4.99 Å². The molecule has 0 fully saturated rings. The molecule has 0 spiro atoms. The van der Waals surface area contributed by atoms with Crippen LogP contribution in [0.4, 0.5) is 0 Å². The molecular weight excluding hydrogens is 560 g/mol. The van der Waals surface area contributed by atoms with Gasteiger partial charge in [0.2, 0.25) is 0 Å². The van der Waals surface area contributed by atoms with Crippen LogP contribution in [-0.2, 0) is 0 Å². The van der Waals surface area contributed by atoms with Crippen LogP contribution >= 0.6 is 0 Å². The molecule has 0 unspecified atom stereocenters. The molecule has 7 aromatic carbocycles. The average molecular weight is 585 g/mol. The van der Waals surface area contributed by atoms with Gasteiger partial charge in [0, 0.05) is 60.4 Å². The first kappa shape index (κ1) is 23.3. The lowest BCUT2D eigenvalue weighted by atomic mass is 10.0. The lowest BCUT2D eigenvalue weighted by molar-refractivity contribution is 1.04. The molecule has 3 aromatic heterocycles. The van der Waals surface area contributed by atoms with E-state index in [0.717, 1.165) is 17.9 Å². The Bertz CT molecular complexity index is 3080. The highest BCUT2D eigenvalue weighted by molar-refractivity contribution is 6.35. The first-order chi connectivity index (χ1) is 22.8. The number of para-hydroxylation sites is 2. The molecule has 0 atom stereocenters. The van der Waals surface area contributed by atoms with Crippen molar-refractivity contribution in [3.05, 3.63) is 132 Å². The summed E-state index contributed by atoms with van der Waals surface area (Å²) in [4.78, 5) is 4.85. The van der Waals surface area contributed by atoms with Crippen LogP contribution in [0.3, 0.4) is 0 Å². The smallest absolute Gasteiger partial charge is 0.0943 e. The van der Waals surface area contributed by atoms with Crippen LogP contribution in [0.25, 0.3) is 98.5 Å². The molecule has 1 N–H and O–H groups in total. The van der Waals surface area contributed by atoms with E-state index >= 15 is 0 Å². The normalized spacial score (nSPS) is 14.4. The predicted molar refractivity (Wildman–Crippen MR) is 194 cm³/mol. The molecule has 4 heterocycles. The summed E-state index contributed by atoms with van der Waals surface area (Å²) in [5.41, 5.74) is 12.1. The predicted octanol–water partition coefficient (Wildman–Crippen LogP) is 10.1. The third-order valence-corrected chi connectivity index (χ3v) is 10.6. The van der Waals surface area contributed by atoms with Gasteiger partial charge < -0.3 is 14.3 Å². The molecule has 1 aliphatic heterocycles. The maximum atomic E-state index is 4.85. The third-order valence-electron chi connectivity index (χ3n) is 10.6. The number of hydrogen-bond donors (Lipinski definition) is 1. The number of hydrogen-bond acceptors (Lipinski definition) is 2. The molecule has 0 saturated heterocycles. The van der Waals surface area contributed by atoms with Gasteiger partial charge in [0.15, 0.2) is 0 Å². The molecule has 0 radical (unpaired) electrons. The lowest BCUT2D eigenvalue weighted by Gasteiger charge is -2.14. The van der Waals surface area contributed by atoms with E-state index in [0.29, 0.717) is 0 Å². The lowest BCUT2D eigenvalue weighted by Crippen LogP contribution is -2.17. The number of nitrogens with one attached hydrogen (secondary N) is 1. The summed E-state index contributed by atoms with van der Waals surface area (Å²) in [6, 6.07) is 45.1. The van der Waals surface area contributed by atoms with Crippen LogP contribution in [0.2, 0.25) is 0 Å². The van der Waals surface area contributed by atoms with E-state index in [-0.39, 0.29) is 0 Å². The molecule has 212 valence electrons. The Hall–Kier alpha value is -6.13. The zero-order valence-electron chi connectivity index (χ0n) is 24.7. The van der Waals surface area contributed by atoms with Crippen molar-refractivity contribution in [2.45, 2.75) is 0 Å². The summed E-state index contributed by atoms with van der Waals surface area (Å²) in [6.07, 6.45) is 1.98. The number of aromatic nitrogens is 2. The number of rotatable bonds is 1. The van der Waals surface area contributed by atoms with Gasteiger partial charge in [-0.25, -0.2) is 0 Å². The van der Waals surface area contributed by atoms with Crippen molar-refractivity contribution < 1.29 is 0 Å². The zero-order chi connectivity index (χ0) is 29.7. The average Bonchev–Trinajstić information content (AvgIpc) is 3.82. The topological polar surface area (TPSA) is 33.7 Å². The van der Waals surface area contributed by atoms with Crippen molar-refractivity contribution in [1.29, 1.82) is 0 Å². The summed E-state index contributed by atoms with van der Waals surface area (Å²) >= 11 is 0. The van der Waals surface area contributed by atoms with Crippen LogP contribution in [0.15, 0.2) is 126 Å². The highest BCUT2D eigenvalue weighted by atomic mass is 15.0. The van der Waals surface area contributed by atoms with E-state index in [1.54, 1.807) is 0 Å². The van der Waals surface area contributed by atoms with Crippen LogP contribution in [0.5, 0.6) is 0 Å². The second-order valence-electron chi connectivity index (χ2n) is 12.7. The van der Waals surface area contributed by atoms with Crippen molar-refractivity contribution in [1.82, 2.24) is 14.3 Å². The van der Waals surface area contributed by atoms with Gasteiger partial charge in [-0.15, -0.1) is 0 Å². The third kappa shape index (κ3) is 2.59. The molecule has 0 amide bonds. The van der Waals surface area contributed by atoms with Crippen molar-refractivity contribution in [3.63, 3.8) is 0 Å². The van der Waals surface area contributed by atoms with E-state index in [2.05, 4.69) is 136 Å². The minimum Gasteiger partial charge on any atom is -0.378 e. The second kappa shape index (κ2) is 7.92. The molecule has 1 aliphatic carbocycles. The summed E-state index contributed by atoms with van der Waals surface area (Å²) in [5.74, 6) is 0. The maximum Gasteiger partial charge on any atom is 0.0943 e. The molecule has 4 heteroatoms. The zero-order valence-corrected chi connectivity index (χ0v) is 24.7. The summed E-state index contributed by atoms with van der Waals surface area (Å²) in [7, 11) is 0. The molecule has 4 nitrogen and oxygen atoms in total. The number of fused-ring (bicyclic) bond motifs is 13. The molecule has 2 aliphatic rings. The Kier molecular flexibility index (Phi) is 4.01. The van der Waals surface area contributed by atoms with Gasteiger partial charge in [0.25, 0.3) is 0 Å². The van der Waals surface area contributed by atoms with Crippen molar-refractivity contribution in [3.8, 4) is 5.69 Å².